The molecule has 4 nitrogen and oxygen atoms in total. The van der Waals surface area contributed by atoms with Crippen molar-refractivity contribution in [2.24, 2.45) is 5.92 Å². The van der Waals surface area contributed by atoms with Gasteiger partial charge in [0.25, 0.3) is 0 Å². The molecule has 4 heteroatoms. The molecule has 2 N–H and O–H groups in total. The summed E-state index contributed by atoms with van der Waals surface area (Å²) in [4.78, 5) is 22.8. The Morgan fingerprint density at radius 3 is 2.30 bits per heavy atom. The molecular weight excluding hydrogens is 256 g/mol. The van der Waals surface area contributed by atoms with E-state index in [1.165, 1.54) is 18.6 Å². The molecule has 1 saturated carbocycles. The van der Waals surface area contributed by atoms with E-state index < -0.39 is 11.9 Å². The van der Waals surface area contributed by atoms with Gasteiger partial charge in [-0.2, -0.15) is 0 Å². The molecule has 0 aromatic heterocycles. The minimum absolute atomic E-state index is 0.234. The van der Waals surface area contributed by atoms with E-state index in [0.717, 1.165) is 36.8 Å². The summed E-state index contributed by atoms with van der Waals surface area (Å²) in [6.07, 6.45) is 6.12. The largest absolute Gasteiger partial charge is 0.478 e. The van der Waals surface area contributed by atoms with Gasteiger partial charge < -0.3 is 10.2 Å². The van der Waals surface area contributed by atoms with Crippen LogP contribution >= 0.6 is 0 Å². The van der Waals surface area contributed by atoms with Crippen molar-refractivity contribution in [3.05, 3.63) is 34.4 Å². The monoisotopic (exact) mass is 274 g/mol. The normalized spacial score (nSPS) is 24.6. The van der Waals surface area contributed by atoms with Gasteiger partial charge >= 0.3 is 11.9 Å². The van der Waals surface area contributed by atoms with E-state index in [1.807, 2.05) is 0 Å². The highest BCUT2D eigenvalue weighted by Crippen LogP contribution is 2.47. The third-order valence-corrected chi connectivity index (χ3v) is 4.86. The summed E-state index contributed by atoms with van der Waals surface area (Å²) in [7, 11) is 0. The first-order valence-electron chi connectivity index (χ1n) is 7.22. The topological polar surface area (TPSA) is 74.6 Å². The van der Waals surface area contributed by atoms with Gasteiger partial charge in [0, 0.05) is 0 Å². The van der Waals surface area contributed by atoms with Crippen molar-refractivity contribution in [1.82, 2.24) is 0 Å². The van der Waals surface area contributed by atoms with Crippen molar-refractivity contribution in [3.8, 4) is 0 Å². The van der Waals surface area contributed by atoms with Crippen LogP contribution in [0.4, 0.5) is 0 Å². The van der Waals surface area contributed by atoms with Crippen molar-refractivity contribution < 1.29 is 19.8 Å². The lowest BCUT2D eigenvalue weighted by Crippen LogP contribution is -2.27. The average molecular weight is 274 g/mol. The van der Waals surface area contributed by atoms with Crippen LogP contribution in [-0.2, 0) is 6.42 Å². The Kier molecular flexibility index (Phi) is 3.24. The molecule has 2 unspecified atom stereocenters. The summed E-state index contributed by atoms with van der Waals surface area (Å²) >= 11 is 0. The van der Waals surface area contributed by atoms with Gasteiger partial charge in [-0.15, -0.1) is 0 Å². The third-order valence-electron chi connectivity index (χ3n) is 4.86. The van der Waals surface area contributed by atoms with Gasteiger partial charge in [0.2, 0.25) is 0 Å². The smallest absolute Gasteiger partial charge is 0.335 e. The molecular formula is C16H18O4. The van der Waals surface area contributed by atoms with Crippen molar-refractivity contribution >= 4 is 11.9 Å². The second-order valence-corrected chi connectivity index (χ2v) is 5.85. The van der Waals surface area contributed by atoms with Gasteiger partial charge in [0.15, 0.2) is 0 Å². The molecule has 1 fully saturated rings. The Hall–Kier alpha value is -1.84. The van der Waals surface area contributed by atoms with Crippen LogP contribution in [-0.4, -0.2) is 22.2 Å². The zero-order valence-corrected chi connectivity index (χ0v) is 11.3. The van der Waals surface area contributed by atoms with Crippen LogP contribution in [0.15, 0.2) is 12.1 Å². The molecule has 20 heavy (non-hydrogen) atoms. The predicted octanol–water partition coefficient (Wildman–Crippen LogP) is 3.30. The summed E-state index contributed by atoms with van der Waals surface area (Å²) in [6, 6.07) is 2.93. The summed E-state index contributed by atoms with van der Waals surface area (Å²) in [5, 5.41) is 18.7. The Morgan fingerprint density at radius 1 is 0.950 bits per heavy atom. The molecule has 106 valence electrons. The number of hydrogen-bond acceptors (Lipinski definition) is 2. The van der Waals surface area contributed by atoms with E-state index in [-0.39, 0.29) is 11.5 Å². The van der Waals surface area contributed by atoms with Crippen LogP contribution in [0.1, 0.15) is 69.9 Å². The van der Waals surface area contributed by atoms with E-state index in [0.29, 0.717) is 17.9 Å². The number of rotatable bonds is 2. The van der Waals surface area contributed by atoms with E-state index in [4.69, 9.17) is 0 Å². The number of hydrogen-bond donors (Lipinski definition) is 2. The molecule has 2 aliphatic carbocycles. The third kappa shape index (κ3) is 1.99. The highest BCUT2D eigenvalue weighted by Gasteiger charge is 2.36. The van der Waals surface area contributed by atoms with Gasteiger partial charge in [0.1, 0.15) is 0 Å². The molecule has 2 atom stereocenters. The van der Waals surface area contributed by atoms with Crippen molar-refractivity contribution in [2.45, 2.75) is 44.4 Å². The van der Waals surface area contributed by atoms with Crippen LogP contribution in [0.3, 0.4) is 0 Å². The minimum atomic E-state index is -0.951. The number of carboxylic acids is 2. The maximum absolute atomic E-state index is 11.5. The fourth-order valence-corrected chi connectivity index (χ4v) is 4.01. The zero-order valence-electron chi connectivity index (χ0n) is 11.3. The standard InChI is InChI=1S/C16H18O4/c17-15(18)12-7-8-13(16(19)20)14-10-4-2-1-3-9(10)5-6-11(12)14/h7-10H,1-6H2,(H,17,18)(H,19,20). The van der Waals surface area contributed by atoms with E-state index in [9.17, 15) is 19.8 Å². The summed E-state index contributed by atoms with van der Waals surface area (Å²) < 4.78 is 0. The molecule has 0 saturated heterocycles. The number of aromatic carboxylic acids is 2. The van der Waals surface area contributed by atoms with Crippen molar-refractivity contribution in [1.29, 1.82) is 0 Å². The van der Waals surface area contributed by atoms with Crippen LogP contribution in [0.25, 0.3) is 0 Å². The van der Waals surface area contributed by atoms with Gasteiger partial charge in [-0.3, -0.25) is 0 Å². The molecule has 0 bridgehead atoms. The second kappa shape index (κ2) is 4.93. The quantitative estimate of drug-likeness (QED) is 0.867. The van der Waals surface area contributed by atoms with Gasteiger partial charge in [0.05, 0.1) is 11.1 Å². The van der Waals surface area contributed by atoms with Crippen molar-refractivity contribution in [2.75, 3.05) is 0 Å². The van der Waals surface area contributed by atoms with Crippen LogP contribution in [0, 0.1) is 5.92 Å². The average Bonchev–Trinajstić information content (AvgIpc) is 2.45. The SMILES string of the molecule is O=C(O)c1ccc(C(=O)O)c2c1CCC1CCCCC21. The van der Waals surface area contributed by atoms with Crippen LogP contribution in [0.2, 0.25) is 0 Å². The number of carbonyl (C=O) groups is 2. The maximum atomic E-state index is 11.5. The summed E-state index contributed by atoms with van der Waals surface area (Å²) in [6.45, 7) is 0. The lowest BCUT2D eigenvalue weighted by Gasteiger charge is -2.38. The van der Waals surface area contributed by atoms with Crippen LogP contribution < -0.4 is 0 Å². The van der Waals surface area contributed by atoms with E-state index in [2.05, 4.69) is 0 Å². The fraction of sp³-hybridized carbons (Fsp3) is 0.500. The minimum Gasteiger partial charge on any atom is -0.478 e. The van der Waals surface area contributed by atoms with Gasteiger partial charge in [-0.05, 0) is 60.8 Å². The number of carboxylic acid groups (broad SMARTS) is 2. The Balaban J connectivity index is 2.19. The first kappa shape index (κ1) is 13.2. The van der Waals surface area contributed by atoms with Gasteiger partial charge in [-0.1, -0.05) is 12.8 Å². The second-order valence-electron chi connectivity index (χ2n) is 5.85. The number of fused-ring (bicyclic) bond motifs is 3. The lowest BCUT2D eigenvalue weighted by molar-refractivity contribution is 0.0676. The maximum Gasteiger partial charge on any atom is 0.335 e. The molecule has 1 aromatic rings. The number of benzene rings is 1. The molecule has 1 aromatic carbocycles. The van der Waals surface area contributed by atoms with E-state index in [1.54, 1.807) is 0 Å². The van der Waals surface area contributed by atoms with Gasteiger partial charge in [-0.25, -0.2) is 9.59 Å². The molecule has 0 spiro atoms. The molecule has 0 aliphatic heterocycles. The first-order chi connectivity index (χ1) is 9.59. The molecule has 0 amide bonds. The molecule has 2 aliphatic rings. The highest BCUT2D eigenvalue weighted by molar-refractivity contribution is 5.95. The van der Waals surface area contributed by atoms with E-state index >= 15 is 0 Å². The zero-order chi connectivity index (χ0) is 14.3. The lowest BCUT2D eigenvalue weighted by atomic mass is 9.66. The molecule has 3 rings (SSSR count). The fourth-order valence-electron chi connectivity index (χ4n) is 4.01. The predicted molar refractivity (Wildman–Crippen MR) is 73.4 cm³/mol. The highest BCUT2D eigenvalue weighted by atomic mass is 16.4. The molecule has 0 radical (unpaired) electrons. The van der Waals surface area contributed by atoms with Crippen LogP contribution in [0.5, 0.6) is 0 Å². The molecule has 0 heterocycles. The summed E-state index contributed by atoms with van der Waals surface area (Å²) in [5.74, 6) is -1.13. The Bertz CT molecular complexity index is 576. The Morgan fingerprint density at radius 2 is 1.60 bits per heavy atom. The Labute approximate surface area is 117 Å². The first-order valence-corrected chi connectivity index (χ1v) is 7.22. The van der Waals surface area contributed by atoms with Crippen molar-refractivity contribution in [3.63, 3.8) is 0 Å². The summed E-state index contributed by atoms with van der Waals surface area (Å²) in [5.41, 5.74) is 2.17.